The molecule has 119 heavy (non-hydrogen) atoms. The molecule has 14 atom stereocenters. The van der Waals surface area contributed by atoms with Gasteiger partial charge in [0, 0.05) is 93.3 Å². The van der Waals surface area contributed by atoms with Crippen molar-refractivity contribution in [3.8, 4) is 92.6 Å². The van der Waals surface area contributed by atoms with Crippen molar-refractivity contribution >= 4 is 41.6 Å². The summed E-state index contributed by atoms with van der Waals surface area (Å²) < 4.78 is 99.3. The van der Waals surface area contributed by atoms with Crippen molar-refractivity contribution in [1.29, 1.82) is 10.5 Å². The molecule has 0 saturated carbocycles. The molecule has 2 unspecified atom stereocenters. The lowest BCUT2D eigenvalue weighted by atomic mass is 9.71. The van der Waals surface area contributed by atoms with E-state index in [9.17, 15) is 25.2 Å². The third-order valence-electron chi connectivity index (χ3n) is 26.1. The number of hydrogen-bond donors (Lipinski definition) is 3. The Morgan fingerprint density at radius 2 is 0.958 bits per heavy atom. The van der Waals surface area contributed by atoms with Crippen LogP contribution in [0.2, 0.25) is 0 Å². The molecule has 4 fully saturated rings. The van der Waals surface area contributed by atoms with Crippen LogP contribution < -0.4 is 72.2 Å². The molecule has 14 heterocycles. The molecule has 14 aliphatic rings. The van der Waals surface area contributed by atoms with Gasteiger partial charge in [0.15, 0.2) is 80.1 Å². The standard InChI is InChI=1S/C47H56N4O11S.C42H48N4O9S/c1-11-56-39-24(4)40-42(60-22-59-40)34-30-20-58-44(52)47(27-18-31(54-9)32(17-25(27)13-14-49-47)61-45(53)62-46(5,6)7)21-63-43(35(34)39)37-36-33-26(15-23(3)38(55-10)41(33)57-12-2)16-28(50(36)8)29(19-48)51(30)37;1-8-51-36-21(4)37-39(55-19-54-37)31-27-17-53-41(48)42(24-15-29(49-6)28(47)14-22(24)10-11-44-42)18-56-40(32(31)36)34-33-30-23(12-20(3)35(50-7)38(30)52-9-2)13-25(45(33)5)26(16-43)46(27)34/h15,17-18,28-30,36-37,43,49H,11-14,16,20-22H2,1-10H3;12,14-15,25-27,33-34,40,44,47H,8-11,13,17-19H2,1-7H3/t28-,29-,30-,36+,37?,43+,47+;25-,26-,27-,33+,34?,40+,42+/m00/s1. The van der Waals surface area contributed by atoms with Crippen LogP contribution >= 0.6 is 23.5 Å². The Morgan fingerprint density at radius 1 is 0.538 bits per heavy atom. The molecule has 0 amide bonds. The molecule has 4 saturated heterocycles. The van der Waals surface area contributed by atoms with Crippen molar-refractivity contribution in [2.75, 3.05) is 120 Å². The number of phenolic OH excluding ortho intramolecular Hbond substituents is 1. The molecule has 28 nitrogen and oxygen atoms in total. The molecule has 0 aliphatic carbocycles. The van der Waals surface area contributed by atoms with Crippen LogP contribution in [-0.2, 0) is 60.6 Å². The van der Waals surface area contributed by atoms with Gasteiger partial charge < -0.3 is 80.9 Å². The van der Waals surface area contributed by atoms with E-state index in [2.05, 4.69) is 68.6 Å². The lowest BCUT2D eigenvalue weighted by molar-refractivity contribution is -0.158. The van der Waals surface area contributed by atoms with Crippen molar-refractivity contribution in [3.63, 3.8) is 0 Å². The van der Waals surface area contributed by atoms with E-state index in [1.807, 2.05) is 55.4 Å². The van der Waals surface area contributed by atoms with E-state index in [1.54, 1.807) is 82.8 Å². The van der Waals surface area contributed by atoms with Crippen molar-refractivity contribution in [2.45, 2.75) is 189 Å². The monoisotopic (exact) mass is 1670 g/mol. The average Bonchev–Trinajstić information content (AvgIpc) is 1.41. The van der Waals surface area contributed by atoms with Crippen LogP contribution in [-0.4, -0.2) is 205 Å². The number of phenols is 1. The Morgan fingerprint density at radius 3 is 1.37 bits per heavy atom. The highest BCUT2D eigenvalue weighted by Gasteiger charge is 2.65. The molecular formula is C89H104N8O20S2. The maximum atomic E-state index is 15.1. The number of fused-ring (bicyclic) bond motifs is 18. The molecule has 6 aromatic rings. The average molecular weight is 1670 g/mol. The molecule has 8 bridgehead atoms. The normalized spacial score (nSPS) is 27.7. The Kier molecular flexibility index (Phi) is 21.6. The first kappa shape index (κ1) is 81.7. The van der Waals surface area contributed by atoms with Crippen molar-refractivity contribution in [1.82, 2.24) is 30.2 Å². The molecule has 3 N–H and O–H groups in total. The number of rotatable bonds is 13. The van der Waals surface area contributed by atoms with E-state index in [4.69, 9.17) is 75.8 Å². The van der Waals surface area contributed by atoms with Gasteiger partial charge in [0.25, 0.3) is 0 Å². The van der Waals surface area contributed by atoms with Crippen molar-refractivity contribution in [2.24, 2.45) is 0 Å². The summed E-state index contributed by atoms with van der Waals surface area (Å²) >= 11 is 3.26. The van der Waals surface area contributed by atoms with Crippen LogP contribution in [0.4, 0.5) is 4.79 Å². The van der Waals surface area contributed by atoms with E-state index >= 15 is 4.79 Å². The summed E-state index contributed by atoms with van der Waals surface area (Å²) in [6.07, 6.45) is 1.53. The largest absolute Gasteiger partial charge is 0.514 e. The quantitative estimate of drug-likeness (QED) is 0.0549. The smallest absolute Gasteiger partial charge is 0.504 e. The van der Waals surface area contributed by atoms with Gasteiger partial charge in [-0.15, -0.1) is 23.5 Å². The van der Waals surface area contributed by atoms with E-state index in [0.29, 0.717) is 122 Å². The van der Waals surface area contributed by atoms with Gasteiger partial charge in [-0.2, -0.15) is 10.5 Å². The molecular weight excluding hydrogens is 1570 g/mol. The Hall–Kier alpha value is -9.63. The van der Waals surface area contributed by atoms with Crippen LogP contribution in [0, 0.1) is 50.4 Å². The zero-order valence-electron chi connectivity index (χ0n) is 70.4. The summed E-state index contributed by atoms with van der Waals surface area (Å²) in [4.78, 5) is 52.2. The number of methoxy groups -OCH3 is 4. The minimum Gasteiger partial charge on any atom is -0.504 e. The fraction of sp³-hybridized carbons (Fsp3) is 0.539. The Balaban J connectivity index is 0.000000171. The van der Waals surface area contributed by atoms with Crippen LogP contribution in [0.25, 0.3) is 0 Å². The van der Waals surface area contributed by atoms with Gasteiger partial charge in [-0.05, 0) is 185 Å². The van der Waals surface area contributed by atoms with Gasteiger partial charge in [0.1, 0.15) is 42.4 Å². The first-order valence-corrected chi connectivity index (χ1v) is 43.2. The lowest BCUT2D eigenvalue weighted by Crippen LogP contribution is -2.69. The van der Waals surface area contributed by atoms with E-state index in [-0.39, 0.29) is 103 Å². The van der Waals surface area contributed by atoms with E-state index in [1.165, 1.54) is 14.2 Å². The predicted molar refractivity (Wildman–Crippen MR) is 440 cm³/mol. The number of ether oxygens (including phenoxy) is 16. The fourth-order valence-electron chi connectivity index (χ4n) is 21.4. The van der Waals surface area contributed by atoms with Gasteiger partial charge >= 0.3 is 18.1 Å². The number of nitrogens with zero attached hydrogens (tertiary/aromatic N) is 6. The van der Waals surface area contributed by atoms with Gasteiger partial charge in [-0.1, -0.05) is 12.1 Å². The van der Waals surface area contributed by atoms with Crippen molar-refractivity contribution in [3.05, 3.63) is 125 Å². The summed E-state index contributed by atoms with van der Waals surface area (Å²) in [6, 6.07) is 12.8. The number of benzene rings is 6. The number of esters is 2. The third-order valence-corrected chi connectivity index (χ3v) is 29.0. The molecule has 20 rings (SSSR count). The van der Waals surface area contributed by atoms with Gasteiger partial charge in [0.05, 0.1) is 102 Å². The number of piperazine rings is 2. The summed E-state index contributed by atoms with van der Waals surface area (Å²) in [5.74, 6) is 6.97. The minimum absolute atomic E-state index is 0.0230. The number of thioether (sulfide) groups is 2. The summed E-state index contributed by atoms with van der Waals surface area (Å²) in [5.41, 5.74) is 11.1. The molecule has 0 aromatic heterocycles. The SMILES string of the molecule is CCOc1c(C)c2c(c3c1[C@H]1SC[C@]4(NCCc5cc(O)c(OC)cc54)C(=O)OC[C@@H]3N3C1[C@H]1c4c(cc(C)c(OC)c4OCC)C[C@@H]([C@@H]3C#N)N1C)OCO2.CCOc1c(C)c2c(c3c1[C@H]1SC[C@]4(NCCc5cc(OC(=O)OC(C)(C)C)c(OC)cc54)C(=O)OC[C@@H]3N3C1[C@H]1c4c(cc(C)c(OC)c4OCC)C[C@@H]([C@@H]3C#N)N1C)OCO2. The number of carbonyl (C=O) groups is 3. The highest BCUT2D eigenvalue weighted by Crippen LogP contribution is 2.68. The number of carbonyl (C=O) groups excluding carboxylic acids is 3. The number of nitrogens with one attached hydrogen (secondary N) is 2. The molecule has 30 heteroatoms. The van der Waals surface area contributed by atoms with Crippen LogP contribution in [0.3, 0.4) is 0 Å². The zero-order valence-corrected chi connectivity index (χ0v) is 72.0. The molecule has 632 valence electrons. The number of aryl methyl sites for hydroxylation is 2. The molecule has 14 aliphatic heterocycles. The first-order valence-electron chi connectivity index (χ1n) is 41.1. The second-order valence-electron chi connectivity index (χ2n) is 33.2. The van der Waals surface area contributed by atoms with E-state index in [0.717, 1.165) is 89.4 Å². The van der Waals surface area contributed by atoms with Crippen molar-refractivity contribution < 1.29 is 95.3 Å². The molecule has 6 aromatic carbocycles. The number of nitriles is 2. The first-order chi connectivity index (χ1) is 57.3. The second kappa shape index (κ2) is 31.4. The Bertz CT molecular complexity index is 5220. The third kappa shape index (κ3) is 12.6. The fourth-order valence-corrected chi connectivity index (χ4v) is 24.8. The zero-order chi connectivity index (χ0) is 83.9. The predicted octanol–water partition coefficient (Wildman–Crippen LogP) is 11.9. The maximum absolute atomic E-state index is 15.1. The second-order valence-corrected chi connectivity index (χ2v) is 35.5. The van der Waals surface area contributed by atoms with E-state index < -0.39 is 64.2 Å². The summed E-state index contributed by atoms with van der Waals surface area (Å²) in [5, 5.41) is 39.8. The molecule has 0 radical (unpaired) electrons. The highest BCUT2D eigenvalue weighted by molar-refractivity contribution is 7.99. The lowest BCUT2D eigenvalue weighted by Gasteiger charge is -2.62. The van der Waals surface area contributed by atoms with Crippen LogP contribution in [0.1, 0.15) is 172 Å². The minimum atomic E-state index is -1.35. The topological polar surface area (TPSA) is 304 Å². The van der Waals surface area contributed by atoms with Gasteiger partial charge in [-0.3, -0.25) is 30.2 Å². The summed E-state index contributed by atoms with van der Waals surface area (Å²) in [7, 11) is 10.6. The Labute approximate surface area is 701 Å². The summed E-state index contributed by atoms with van der Waals surface area (Å²) in [6.45, 7) is 23.8. The van der Waals surface area contributed by atoms with Gasteiger partial charge in [0.2, 0.25) is 13.6 Å². The number of aromatic hydroxyl groups is 1. The highest BCUT2D eigenvalue weighted by atomic mass is 32.2. The molecule has 2 spiro atoms. The van der Waals surface area contributed by atoms with Crippen LogP contribution in [0.15, 0.2) is 36.4 Å². The van der Waals surface area contributed by atoms with Crippen LogP contribution in [0.5, 0.6) is 80.5 Å². The van der Waals surface area contributed by atoms with Gasteiger partial charge in [-0.25, -0.2) is 14.4 Å². The maximum Gasteiger partial charge on any atom is 0.514 e. The number of likely N-dealkylation sites (N-methyl/N-ethyl adjacent to an activating group) is 2. The number of hydrogen-bond acceptors (Lipinski definition) is 30.